The van der Waals surface area contributed by atoms with Crippen molar-refractivity contribution in [1.82, 2.24) is 0 Å². The molecule has 0 heterocycles. The Balaban J connectivity index is -0.0000000600. The maximum Gasteiger partial charge on any atom is 2.00 e. The first kappa shape index (κ1) is 11.5. The van der Waals surface area contributed by atoms with Gasteiger partial charge in [0.15, 0.2) is 0 Å². The van der Waals surface area contributed by atoms with Gasteiger partial charge in [-0.05, 0) is 27.7 Å². The van der Waals surface area contributed by atoms with Crippen molar-refractivity contribution < 1.29 is 7.59 Å². The summed E-state index contributed by atoms with van der Waals surface area (Å²) in [5, 5.41) is 0. The Morgan fingerprint density at radius 3 is 1.25 bits per heavy atom. The molecule has 0 spiro atoms. The first-order valence-corrected chi connectivity index (χ1v) is 2.78. The van der Waals surface area contributed by atoms with Gasteiger partial charge in [-0.1, -0.05) is 0 Å². The van der Waals surface area contributed by atoms with Gasteiger partial charge in [-0.25, -0.2) is 0 Å². The Morgan fingerprint density at radius 1 is 1.00 bits per heavy atom. The van der Waals surface area contributed by atoms with Crippen molar-refractivity contribution in [2.24, 2.45) is 0 Å². The Morgan fingerprint density at radius 2 is 1.25 bits per heavy atom. The molecule has 0 aliphatic heterocycles. The molecule has 2 heteroatoms. The van der Waals surface area contributed by atoms with E-state index >= 15 is 0 Å². The molecule has 0 saturated carbocycles. The summed E-state index contributed by atoms with van der Waals surface area (Å²) in [4.78, 5) is 0. The molecule has 1 nitrogen and oxygen atoms in total. The van der Waals surface area contributed by atoms with Crippen LogP contribution in [0.15, 0.2) is 0 Å². The molecule has 0 aliphatic rings. The van der Waals surface area contributed by atoms with Gasteiger partial charge in [-0.2, -0.15) is 0 Å². The van der Waals surface area contributed by atoms with Gasteiger partial charge in [-0.3, -0.25) is 0 Å². The van der Waals surface area contributed by atoms with E-state index in [4.69, 9.17) is 4.74 Å². The first-order chi connectivity index (χ1) is 3.13. The molecule has 0 atom stereocenters. The Labute approximate surface area is 70.9 Å². The van der Waals surface area contributed by atoms with Crippen LogP contribution >= 0.6 is 0 Å². The van der Waals surface area contributed by atoms with E-state index in [-0.39, 0.29) is 25.9 Å². The van der Waals surface area contributed by atoms with Crippen LogP contribution in [0, 0.1) is 0 Å². The van der Waals surface area contributed by atoms with Crippen molar-refractivity contribution in [3.63, 3.8) is 0 Å². The molecular formula is C6H16MgO. The average Bonchev–Trinajstić information content (AvgIpc) is 1.27. The number of hydrogen-bond donors (Lipinski definition) is 0. The van der Waals surface area contributed by atoms with Crippen LogP contribution in [-0.4, -0.2) is 35.3 Å². The molecule has 0 bridgehead atoms. The third-order valence-electron chi connectivity index (χ3n) is 0.544. The van der Waals surface area contributed by atoms with Gasteiger partial charge >= 0.3 is 23.1 Å². The zero-order valence-electron chi connectivity index (χ0n) is 8.27. The number of rotatable bonds is 2. The molecule has 0 amide bonds. The molecular weight excluding hydrogens is 112 g/mol. The molecule has 8 heavy (non-hydrogen) atoms. The summed E-state index contributed by atoms with van der Waals surface area (Å²) < 4.78 is 5.25. The summed E-state index contributed by atoms with van der Waals surface area (Å²) in [7, 11) is 0. The smallest absolute Gasteiger partial charge is 1.00 e. The van der Waals surface area contributed by atoms with Crippen molar-refractivity contribution in [2.45, 2.75) is 39.9 Å². The largest absolute Gasteiger partial charge is 2.00 e. The molecule has 0 N–H and O–H groups in total. The Bertz CT molecular complexity index is 45.0. The molecule has 0 unspecified atom stereocenters. The van der Waals surface area contributed by atoms with Crippen molar-refractivity contribution >= 4 is 23.1 Å². The van der Waals surface area contributed by atoms with Crippen molar-refractivity contribution in [3.05, 3.63) is 0 Å². The number of hydrogen-bond acceptors (Lipinski definition) is 1. The second-order valence-electron chi connectivity index (χ2n) is 2.23. The van der Waals surface area contributed by atoms with Gasteiger partial charge in [0, 0.05) is 0 Å². The number of ether oxygens (including phenoxy) is 1. The topological polar surface area (TPSA) is 9.23 Å². The molecule has 0 aromatic heterocycles. The monoisotopic (exact) mass is 128 g/mol. The molecule has 0 rings (SSSR count). The molecule has 0 aromatic carbocycles. The third-order valence-corrected chi connectivity index (χ3v) is 0.544. The van der Waals surface area contributed by atoms with Gasteiger partial charge < -0.3 is 7.59 Å². The first-order valence-electron chi connectivity index (χ1n) is 2.78. The minimum atomic E-state index is 0. The SMILES string of the molecule is CC(C)OC(C)C.[H-].[H-].[Mg+2]. The fraction of sp³-hybridized carbons (Fsp3) is 1.00. The van der Waals surface area contributed by atoms with E-state index in [1.807, 2.05) is 27.7 Å². The minimum Gasteiger partial charge on any atom is -1.00 e. The maximum atomic E-state index is 5.25. The van der Waals surface area contributed by atoms with Crippen LogP contribution < -0.4 is 0 Å². The minimum absolute atomic E-state index is 0. The van der Waals surface area contributed by atoms with E-state index in [0.717, 1.165) is 0 Å². The normalized spacial score (nSPS) is 9.75. The zero-order chi connectivity index (χ0) is 5.86. The summed E-state index contributed by atoms with van der Waals surface area (Å²) in [6.07, 6.45) is 0.750. The molecule has 0 radical (unpaired) electrons. The summed E-state index contributed by atoms with van der Waals surface area (Å²) in [6, 6.07) is 0. The van der Waals surface area contributed by atoms with Crippen molar-refractivity contribution in [1.29, 1.82) is 0 Å². The van der Waals surface area contributed by atoms with E-state index < -0.39 is 0 Å². The van der Waals surface area contributed by atoms with Crippen LogP contribution in [-0.2, 0) is 4.74 Å². The summed E-state index contributed by atoms with van der Waals surface area (Å²) in [6.45, 7) is 8.17. The average molecular weight is 128 g/mol. The van der Waals surface area contributed by atoms with E-state index in [0.29, 0.717) is 12.2 Å². The van der Waals surface area contributed by atoms with Crippen LogP contribution in [0.3, 0.4) is 0 Å². The van der Waals surface area contributed by atoms with Gasteiger partial charge in [0.1, 0.15) is 0 Å². The van der Waals surface area contributed by atoms with Crippen LogP contribution in [0.25, 0.3) is 0 Å². The van der Waals surface area contributed by atoms with E-state index in [9.17, 15) is 0 Å². The van der Waals surface area contributed by atoms with Crippen molar-refractivity contribution in [2.75, 3.05) is 0 Å². The third kappa shape index (κ3) is 9.87. The van der Waals surface area contributed by atoms with Crippen LogP contribution in [0.5, 0.6) is 0 Å². The van der Waals surface area contributed by atoms with Crippen LogP contribution in [0.1, 0.15) is 30.5 Å². The standard InChI is InChI=1S/C6H14O.Mg.2H/c1-5(2)7-6(3)4;;;/h5-6H,1-4H3;;;/q;+2;2*-1. The molecule has 48 valence electrons. The predicted molar refractivity (Wildman–Crippen MR) is 39.3 cm³/mol. The Hall–Kier alpha value is 0.726. The fourth-order valence-electron chi connectivity index (χ4n) is 0.544. The summed E-state index contributed by atoms with van der Waals surface area (Å²) in [5.74, 6) is 0. The fourth-order valence-corrected chi connectivity index (χ4v) is 0.544. The second kappa shape index (κ2) is 5.86. The molecule has 0 saturated heterocycles. The molecule has 0 aromatic rings. The quantitative estimate of drug-likeness (QED) is 0.514. The van der Waals surface area contributed by atoms with Crippen LogP contribution in [0.4, 0.5) is 0 Å². The second-order valence-corrected chi connectivity index (χ2v) is 2.23. The zero-order valence-corrected chi connectivity index (χ0v) is 7.68. The van der Waals surface area contributed by atoms with E-state index in [1.165, 1.54) is 0 Å². The van der Waals surface area contributed by atoms with E-state index in [1.54, 1.807) is 0 Å². The molecule has 0 aliphatic carbocycles. The molecule has 0 fully saturated rings. The Kier molecular flexibility index (Phi) is 8.43. The van der Waals surface area contributed by atoms with Gasteiger partial charge in [0.25, 0.3) is 0 Å². The van der Waals surface area contributed by atoms with Crippen molar-refractivity contribution in [3.8, 4) is 0 Å². The summed E-state index contributed by atoms with van der Waals surface area (Å²) >= 11 is 0. The van der Waals surface area contributed by atoms with E-state index in [2.05, 4.69) is 0 Å². The van der Waals surface area contributed by atoms with Gasteiger partial charge in [0.2, 0.25) is 0 Å². The van der Waals surface area contributed by atoms with Gasteiger partial charge in [-0.15, -0.1) is 0 Å². The predicted octanol–water partition coefficient (Wildman–Crippen LogP) is 1.66. The van der Waals surface area contributed by atoms with Crippen LogP contribution in [0.2, 0.25) is 0 Å². The van der Waals surface area contributed by atoms with Gasteiger partial charge in [0.05, 0.1) is 12.2 Å². The summed E-state index contributed by atoms with van der Waals surface area (Å²) in [5.41, 5.74) is 0. The maximum absolute atomic E-state index is 5.25.